The highest BCUT2D eigenvalue weighted by molar-refractivity contribution is 9.10. The highest BCUT2D eigenvalue weighted by Gasteiger charge is 2.06. The van der Waals surface area contributed by atoms with Crippen LogP contribution >= 0.6 is 27.7 Å². The zero-order chi connectivity index (χ0) is 11.7. The van der Waals surface area contributed by atoms with Crippen molar-refractivity contribution < 1.29 is 0 Å². The molecule has 0 spiro atoms. The van der Waals surface area contributed by atoms with Crippen LogP contribution in [-0.4, -0.2) is 14.8 Å². The molecule has 0 aliphatic rings. The summed E-state index contributed by atoms with van der Waals surface area (Å²) in [6, 6.07) is 4.13. The molecular weight excluding hydrogens is 286 g/mol. The molecule has 0 fully saturated rings. The molecule has 3 nitrogen and oxygen atoms in total. The van der Waals surface area contributed by atoms with Crippen molar-refractivity contribution in [3.8, 4) is 0 Å². The molecule has 0 radical (unpaired) electrons. The lowest BCUT2D eigenvalue weighted by Crippen LogP contribution is -1.93. The fourth-order valence-corrected chi connectivity index (χ4v) is 2.53. The number of pyridine rings is 1. The summed E-state index contributed by atoms with van der Waals surface area (Å²) < 4.78 is 2.91. The fourth-order valence-electron chi connectivity index (χ4n) is 1.36. The molecule has 0 aliphatic carbocycles. The number of rotatable bonds is 2. The molecule has 0 N–H and O–H groups in total. The van der Waals surface area contributed by atoms with Gasteiger partial charge >= 0.3 is 0 Å². The van der Waals surface area contributed by atoms with Crippen LogP contribution in [0.4, 0.5) is 0 Å². The van der Waals surface area contributed by atoms with E-state index in [0.29, 0.717) is 0 Å². The van der Waals surface area contributed by atoms with E-state index >= 15 is 0 Å². The summed E-state index contributed by atoms with van der Waals surface area (Å²) in [6.45, 7) is 4.05. The van der Waals surface area contributed by atoms with Crippen molar-refractivity contribution in [1.29, 1.82) is 0 Å². The number of nitrogens with zero attached hydrogens (tertiary/aromatic N) is 3. The van der Waals surface area contributed by atoms with Crippen molar-refractivity contribution in [2.45, 2.75) is 23.9 Å². The van der Waals surface area contributed by atoms with Crippen molar-refractivity contribution in [3.63, 3.8) is 0 Å². The van der Waals surface area contributed by atoms with E-state index in [1.54, 1.807) is 11.8 Å². The Bertz CT molecular complexity index is 522. The Morgan fingerprint density at radius 1 is 1.31 bits per heavy atom. The van der Waals surface area contributed by atoms with Crippen molar-refractivity contribution >= 4 is 27.7 Å². The normalized spacial score (nSPS) is 10.8. The van der Waals surface area contributed by atoms with Crippen LogP contribution < -0.4 is 0 Å². The van der Waals surface area contributed by atoms with Crippen LogP contribution in [0.15, 0.2) is 32.9 Å². The van der Waals surface area contributed by atoms with Gasteiger partial charge in [-0.1, -0.05) is 11.8 Å². The minimum absolute atomic E-state index is 0.990. The first-order valence-corrected chi connectivity index (χ1v) is 6.48. The molecule has 5 heteroatoms. The Morgan fingerprint density at radius 3 is 2.62 bits per heavy atom. The van der Waals surface area contributed by atoms with Gasteiger partial charge in [-0.25, -0.2) is 4.98 Å². The van der Waals surface area contributed by atoms with Crippen LogP contribution in [0.3, 0.4) is 0 Å². The first-order chi connectivity index (χ1) is 7.56. The van der Waals surface area contributed by atoms with Crippen molar-refractivity contribution in [3.05, 3.63) is 34.1 Å². The summed E-state index contributed by atoms with van der Waals surface area (Å²) in [4.78, 5) is 4.36. The zero-order valence-corrected chi connectivity index (χ0v) is 11.8. The highest BCUT2D eigenvalue weighted by atomic mass is 79.9. The molecular formula is C11H12BrN3S. The average molecular weight is 298 g/mol. The monoisotopic (exact) mass is 297 g/mol. The van der Waals surface area contributed by atoms with Gasteiger partial charge in [0.25, 0.3) is 0 Å². The van der Waals surface area contributed by atoms with Gasteiger partial charge in [0.05, 0.1) is 5.69 Å². The van der Waals surface area contributed by atoms with Crippen molar-refractivity contribution in [1.82, 2.24) is 14.8 Å². The van der Waals surface area contributed by atoms with Crippen LogP contribution in [0, 0.1) is 13.8 Å². The number of hydrogen-bond acceptors (Lipinski definition) is 3. The smallest absolute Gasteiger partial charge is 0.102 e. The molecule has 0 aromatic carbocycles. The topological polar surface area (TPSA) is 30.7 Å². The second-order valence-corrected chi connectivity index (χ2v) is 5.52. The Balaban J connectivity index is 2.27. The third-order valence-electron chi connectivity index (χ3n) is 2.19. The number of aromatic nitrogens is 3. The number of halogens is 1. The Morgan fingerprint density at radius 2 is 2.06 bits per heavy atom. The molecule has 0 saturated carbocycles. The van der Waals surface area contributed by atoms with E-state index in [4.69, 9.17) is 0 Å². The number of hydrogen-bond donors (Lipinski definition) is 0. The fraction of sp³-hybridized carbons (Fsp3) is 0.273. The number of aryl methyl sites for hydroxylation is 3. The quantitative estimate of drug-likeness (QED) is 0.852. The second-order valence-electron chi connectivity index (χ2n) is 3.62. The summed E-state index contributed by atoms with van der Waals surface area (Å²) in [5, 5.41) is 6.40. The molecule has 2 aromatic heterocycles. The van der Waals surface area contributed by atoms with Gasteiger partial charge in [0.15, 0.2) is 0 Å². The van der Waals surface area contributed by atoms with Gasteiger partial charge in [-0.2, -0.15) is 5.10 Å². The van der Waals surface area contributed by atoms with E-state index in [2.05, 4.69) is 45.1 Å². The minimum Gasteiger partial charge on any atom is -0.261 e. The Kier molecular flexibility index (Phi) is 3.35. The first-order valence-electron chi connectivity index (χ1n) is 4.87. The molecule has 16 heavy (non-hydrogen) atoms. The lowest BCUT2D eigenvalue weighted by atomic mass is 10.3. The van der Waals surface area contributed by atoms with Gasteiger partial charge in [-0.05, 0) is 47.5 Å². The summed E-state index contributed by atoms with van der Waals surface area (Å²) in [6.07, 6.45) is 1.83. The van der Waals surface area contributed by atoms with Crippen LogP contribution in [-0.2, 0) is 7.05 Å². The predicted octanol–water partition coefficient (Wildman–Crippen LogP) is 3.35. The van der Waals surface area contributed by atoms with E-state index in [1.165, 1.54) is 5.56 Å². The Labute approximate surface area is 107 Å². The van der Waals surface area contributed by atoms with Crippen LogP contribution in [0.1, 0.15) is 11.3 Å². The van der Waals surface area contributed by atoms with Gasteiger partial charge < -0.3 is 0 Å². The van der Waals surface area contributed by atoms with Gasteiger partial charge in [0, 0.05) is 17.7 Å². The third-order valence-corrected chi connectivity index (χ3v) is 4.04. The van der Waals surface area contributed by atoms with Crippen molar-refractivity contribution in [2.24, 2.45) is 7.05 Å². The highest BCUT2D eigenvalue weighted by Crippen LogP contribution is 2.28. The molecule has 0 saturated heterocycles. The van der Waals surface area contributed by atoms with E-state index < -0.39 is 0 Å². The maximum absolute atomic E-state index is 4.36. The average Bonchev–Trinajstić information content (AvgIpc) is 2.51. The summed E-state index contributed by atoms with van der Waals surface area (Å²) >= 11 is 5.07. The minimum atomic E-state index is 0.990. The molecule has 0 bridgehead atoms. The molecule has 2 rings (SSSR count). The van der Waals surface area contributed by atoms with Gasteiger partial charge in [0.1, 0.15) is 10.1 Å². The van der Waals surface area contributed by atoms with Crippen molar-refractivity contribution in [2.75, 3.05) is 0 Å². The molecule has 0 unspecified atom stereocenters. The summed E-state index contributed by atoms with van der Waals surface area (Å²) in [7, 11) is 1.95. The SMILES string of the molecule is Cc1cc(Sc2cc(C)c(Br)cn2)n(C)n1. The van der Waals surface area contributed by atoms with E-state index in [-0.39, 0.29) is 0 Å². The van der Waals surface area contributed by atoms with Crippen LogP contribution in [0.25, 0.3) is 0 Å². The summed E-state index contributed by atoms with van der Waals surface area (Å²) in [5.74, 6) is 0. The molecule has 2 heterocycles. The second kappa shape index (κ2) is 4.59. The zero-order valence-electron chi connectivity index (χ0n) is 9.36. The van der Waals surface area contributed by atoms with Gasteiger partial charge in [0.2, 0.25) is 0 Å². The Hall–Kier alpha value is -0.810. The molecule has 0 amide bonds. The maximum Gasteiger partial charge on any atom is 0.102 e. The lowest BCUT2D eigenvalue weighted by Gasteiger charge is -2.03. The van der Waals surface area contributed by atoms with Crippen LogP contribution in [0.5, 0.6) is 0 Å². The molecule has 84 valence electrons. The van der Waals surface area contributed by atoms with E-state index in [0.717, 1.165) is 20.2 Å². The lowest BCUT2D eigenvalue weighted by molar-refractivity contribution is 0.692. The molecule has 2 aromatic rings. The van der Waals surface area contributed by atoms with E-state index in [9.17, 15) is 0 Å². The first kappa shape index (κ1) is 11.7. The summed E-state index contributed by atoms with van der Waals surface area (Å²) in [5.41, 5.74) is 2.22. The molecule has 0 atom stereocenters. The standard InChI is InChI=1S/C11H12BrN3S/c1-7-4-10(13-6-9(7)12)16-11-5-8(2)14-15(11)3/h4-6H,1-3H3. The van der Waals surface area contributed by atoms with Crippen LogP contribution in [0.2, 0.25) is 0 Å². The molecule has 0 aliphatic heterocycles. The predicted molar refractivity (Wildman–Crippen MR) is 68.7 cm³/mol. The van der Waals surface area contributed by atoms with E-state index in [1.807, 2.05) is 24.9 Å². The maximum atomic E-state index is 4.36. The largest absolute Gasteiger partial charge is 0.261 e. The third kappa shape index (κ3) is 2.47. The van der Waals surface area contributed by atoms with Gasteiger partial charge in [-0.15, -0.1) is 0 Å². The van der Waals surface area contributed by atoms with Gasteiger partial charge in [-0.3, -0.25) is 4.68 Å².